The summed E-state index contributed by atoms with van der Waals surface area (Å²) in [5, 5.41) is 0. The number of hydrogen-bond donors (Lipinski definition) is 0. The summed E-state index contributed by atoms with van der Waals surface area (Å²) in [5.74, 6) is 0. The van der Waals surface area contributed by atoms with Crippen LogP contribution >= 0.6 is 10.7 Å². The topological polar surface area (TPSA) is 37.4 Å². The molecule has 0 unspecified atom stereocenters. The largest absolute Gasteiger partial charge is 0.300 e. The van der Waals surface area contributed by atoms with E-state index in [4.69, 9.17) is 10.7 Å². The third kappa shape index (κ3) is 3.29. The van der Waals surface area contributed by atoms with E-state index >= 15 is 0 Å². The van der Waals surface area contributed by atoms with Crippen LogP contribution in [0, 0.1) is 0 Å². The average molecular weight is 234 g/mol. The molecule has 1 rings (SSSR count). The lowest BCUT2D eigenvalue weighted by Crippen LogP contribution is -2.26. The Morgan fingerprint density at radius 2 is 1.86 bits per heavy atom. The van der Waals surface area contributed by atoms with Crippen LogP contribution in [0.1, 0.15) is 12.5 Å². The Labute approximate surface area is 88.9 Å². The minimum atomic E-state index is -3.61. The van der Waals surface area contributed by atoms with Crippen LogP contribution in [0.15, 0.2) is 30.3 Å². The fourth-order valence-electron chi connectivity index (χ4n) is 1.13. The zero-order valence-corrected chi connectivity index (χ0v) is 9.42. The van der Waals surface area contributed by atoms with Gasteiger partial charge < -0.3 is 0 Å². The molecule has 14 heavy (non-hydrogen) atoms. The molecule has 0 saturated carbocycles. The van der Waals surface area contributed by atoms with Gasteiger partial charge in [0.2, 0.25) is 0 Å². The quantitative estimate of drug-likeness (QED) is 0.746. The summed E-state index contributed by atoms with van der Waals surface area (Å²) in [6.45, 7) is 2.45. The first-order chi connectivity index (χ1) is 6.54. The maximum Gasteiger partial charge on any atom is 0.300 e. The van der Waals surface area contributed by atoms with E-state index < -0.39 is 9.24 Å². The maximum atomic E-state index is 11.1. The molecular weight excluding hydrogens is 222 g/mol. The molecule has 0 bridgehead atoms. The number of rotatable bonds is 4. The van der Waals surface area contributed by atoms with Crippen molar-refractivity contribution in [3.63, 3.8) is 0 Å². The summed E-state index contributed by atoms with van der Waals surface area (Å²) in [6, 6.07) is 9.35. The first-order valence-corrected chi connectivity index (χ1v) is 6.54. The summed E-state index contributed by atoms with van der Waals surface area (Å²) in [5.41, 5.74) is 0.929. The summed E-state index contributed by atoms with van der Waals surface area (Å²) in [4.78, 5) is 0. The second-order valence-corrected chi connectivity index (χ2v) is 5.36. The fraction of sp³-hybridized carbons (Fsp3) is 0.333. The van der Waals surface area contributed by atoms with Crippen molar-refractivity contribution < 1.29 is 8.42 Å². The first-order valence-electron chi connectivity index (χ1n) is 4.27. The van der Waals surface area contributed by atoms with Crippen LogP contribution in [-0.2, 0) is 15.8 Å². The van der Waals surface area contributed by atoms with Crippen molar-refractivity contribution in [2.45, 2.75) is 13.5 Å². The smallest absolute Gasteiger partial charge is 0.195 e. The van der Waals surface area contributed by atoms with Gasteiger partial charge in [-0.25, -0.2) is 0 Å². The highest BCUT2D eigenvalue weighted by Crippen LogP contribution is 2.11. The van der Waals surface area contributed by atoms with E-state index in [1.165, 1.54) is 4.31 Å². The van der Waals surface area contributed by atoms with Crippen molar-refractivity contribution in [1.29, 1.82) is 0 Å². The molecule has 0 aliphatic rings. The van der Waals surface area contributed by atoms with Gasteiger partial charge in [0, 0.05) is 23.8 Å². The summed E-state index contributed by atoms with van der Waals surface area (Å²) >= 11 is 0. The van der Waals surface area contributed by atoms with Crippen molar-refractivity contribution in [2.24, 2.45) is 0 Å². The molecule has 3 nitrogen and oxygen atoms in total. The minimum Gasteiger partial charge on any atom is -0.195 e. The summed E-state index contributed by atoms with van der Waals surface area (Å²) < 4.78 is 23.3. The third-order valence-corrected chi connectivity index (χ3v) is 3.45. The minimum absolute atomic E-state index is 0.323. The Hall–Kier alpha value is -0.580. The van der Waals surface area contributed by atoms with Gasteiger partial charge in [0.05, 0.1) is 0 Å². The number of nitrogens with zero attached hydrogens (tertiary/aromatic N) is 1. The van der Waals surface area contributed by atoms with E-state index in [1.54, 1.807) is 6.92 Å². The molecule has 0 amide bonds. The molecule has 0 fully saturated rings. The van der Waals surface area contributed by atoms with Crippen LogP contribution in [0.2, 0.25) is 0 Å². The van der Waals surface area contributed by atoms with Crippen molar-refractivity contribution in [3.05, 3.63) is 35.9 Å². The van der Waals surface area contributed by atoms with Crippen molar-refractivity contribution in [3.8, 4) is 0 Å². The molecule has 0 aliphatic heterocycles. The number of hydrogen-bond acceptors (Lipinski definition) is 2. The Kier molecular flexibility index (Phi) is 3.92. The van der Waals surface area contributed by atoms with E-state index in [0.717, 1.165) is 5.56 Å². The van der Waals surface area contributed by atoms with Gasteiger partial charge in [-0.1, -0.05) is 37.3 Å². The van der Waals surface area contributed by atoms with Gasteiger partial charge in [0.15, 0.2) is 0 Å². The van der Waals surface area contributed by atoms with Crippen LogP contribution in [0.4, 0.5) is 0 Å². The van der Waals surface area contributed by atoms with E-state index in [1.807, 2.05) is 30.3 Å². The lowest BCUT2D eigenvalue weighted by atomic mass is 10.2. The van der Waals surface area contributed by atoms with Gasteiger partial charge in [-0.3, -0.25) is 0 Å². The van der Waals surface area contributed by atoms with Gasteiger partial charge >= 0.3 is 0 Å². The Balaban J connectivity index is 2.77. The molecule has 1 aromatic rings. The van der Waals surface area contributed by atoms with Crippen LogP contribution in [0.5, 0.6) is 0 Å². The highest BCUT2D eigenvalue weighted by Gasteiger charge is 2.16. The van der Waals surface area contributed by atoms with Gasteiger partial charge in [-0.15, -0.1) is 0 Å². The second-order valence-electron chi connectivity index (χ2n) is 2.85. The SMILES string of the molecule is CCN(Cc1ccccc1)S(=O)(=O)Cl. The van der Waals surface area contributed by atoms with Crippen LogP contribution in [0.3, 0.4) is 0 Å². The predicted octanol–water partition coefficient (Wildman–Crippen LogP) is 1.99. The summed E-state index contributed by atoms with van der Waals surface area (Å²) in [7, 11) is 1.64. The lowest BCUT2D eigenvalue weighted by molar-refractivity contribution is 0.435. The maximum absolute atomic E-state index is 11.1. The van der Waals surface area contributed by atoms with Gasteiger partial charge in [0.25, 0.3) is 9.24 Å². The molecule has 78 valence electrons. The zero-order valence-electron chi connectivity index (χ0n) is 7.85. The molecule has 0 spiro atoms. The Morgan fingerprint density at radius 3 is 2.29 bits per heavy atom. The molecule has 0 N–H and O–H groups in total. The van der Waals surface area contributed by atoms with Gasteiger partial charge in [-0.2, -0.15) is 12.7 Å². The van der Waals surface area contributed by atoms with Gasteiger partial charge in [0.1, 0.15) is 0 Å². The third-order valence-electron chi connectivity index (χ3n) is 1.86. The van der Waals surface area contributed by atoms with Crippen LogP contribution in [-0.4, -0.2) is 19.3 Å². The van der Waals surface area contributed by atoms with E-state index in [2.05, 4.69) is 0 Å². The van der Waals surface area contributed by atoms with Crippen LogP contribution < -0.4 is 0 Å². The van der Waals surface area contributed by atoms with Crippen molar-refractivity contribution >= 4 is 19.9 Å². The van der Waals surface area contributed by atoms with E-state index in [9.17, 15) is 8.42 Å². The molecule has 0 atom stereocenters. The number of halogens is 1. The standard InChI is InChI=1S/C9H12ClNO2S/c1-2-11(14(10,12)13)8-9-6-4-3-5-7-9/h3-7H,2,8H2,1H3. The molecular formula is C9H12ClNO2S. The lowest BCUT2D eigenvalue weighted by Gasteiger charge is -2.15. The van der Waals surface area contributed by atoms with E-state index in [-0.39, 0.29) is 0 Å². The molecule has 1 aromatic carbocycles. The average Bonchev–Trinajstić information content (AvgIpc) is 2.14. The monoisotopic (exact) mass is 233 g/mol. The molecule has 0 heterocycles. The van der Waals surface area contributed by atoms with Crippen LogP contribution in [0.25, 0.3) is 0 Å². The van der Waals surface area contributed by atoms with E-state index in [0.29, 0.717) is 13.1 Å². The molecule has 5 heteroatoms. The Bertz CT molecular complexity index is 377. The summed E-state index contributed by atoms with van der Waals surface area (Å²) in [6.07, 6.45) is 0. The molecule has 0 aromatic heterocycles. The highest BCUT2D eigenvalue weighted by molar-refractivity contribution is 8.11. The van der Waals surface area contributed by atoms with Crippen molar-refractivity contribution in [2.75, 3.05) is 6.54 Å². The Morgan fingerprint density at radius 1 is 1.29 bits per heavy atom. The molecule has 0 aliphatic carbocycles. The fourth-order valence-corrected chi connectivity index (χ4v) is 2.18. The van der Waals surface area contributed by atoms with Gasteiger partial charge in [-0.05, 0) is 5.56 Å². The zero-order chi connectivity index (χ0) is 10.6. The highest BCUT2D eigenvalue weighted by atomic mass is 35.7. The van der Waals surface area contributed by atoms with Crippen molar-refractivity contribution in [1.82, 2.24) is 4.31 Å². The second kappa shape index (κ2) is 4.77. The molecule has 0 saturated heterocycles. The normalized spacial score (nSPS) is 11.9. The number of benzene rings is 1. The first kappa shape index (κ1) is 11.5. The predicted molar refractivity (Wildman–Crippen MR) is 57.3 cm³/mol. The molecule has 0 radical (unpaired) electrons.